The van der Waals surface area contributed by atoms with Crippen LogP contribution in [0.4, 0.5) is 0 Å². The highest BCUT2D eigenvalue weighted by atomic mass is 16.5. The van der Waals surface area contributed by atoms with Crippen molar-refractivity contribution in [1.29, 1.82) is 0 Å². The van der Waals surface area contributed by atoms with Gasteiger partial charge in [-0.1, -0.05) is 42.5 Å². The Hall–Kier alpha value is -3.27. The van der Waals surface area contributed by atoms with Crippen molar-refractivity contribution >= 4 is 5.91 Å². The van der Waals surface area contributed by atoms with Gasteiger partial charge >= 0.3 is 0 Å². The minimum atomic E-state index is -0.495. The second-order valence-corrected chi connectivity index (χ2v) is 5.81. The van der Waals surface area contributed by atoms with Crippen LogP contribution >= 0.6 is 0 Å². The summed E-state index contributed by atoms with van der Waals surface area (Å²) in [5, 5.41) is 2.86. The fourth-order valence-electron chi connectivity index (χ4n) is 2.74. The molecule has 25 heavy (non-hydrogen) atoms. The minimum absolute atomic E-state index is 0.128. The third-order valence-corrected chi connectivity index (χ3v) is 4.07. The SMILES string of the molecule is O=C1N[C@@H](c2ccc(OCc3ccccc3)cc2)Oc2ccccc21. The smallest absolute Gasteiger partial charge is 0.258 e. The van der Waals surface area contributed by atoms with Crippen molar-refractivity contribution in [3.05, 3.63) is 95.6 Å². The van der Waals surface area contributed by atoms with Gasteiger partial charge in [-0.15, -0.1) is 0 Å². The van der Waals surface area contributed by atoms with Crippen LogP contribution in [0.1, 0.15) is 27.7 Å². The number of ether oxygens (including phenoxy) is 2. The molecule has 1 N–H and O–H groups in total. The summed E-state index contributed by atoms with van der Waals surface area (Å²) in [6, 6.07) is 24.8. The Morgan fingerprint density at radius 3 is 2.40 bits per heavy atom. The highest BCUT2D eigenvalue weighted by Gasteiger charge is 2.26. The molecule has 1 amide bonds. The fourth-order valence-corrected chi connectivity index (χ4v) is 2.74. The molecule has 0 aliphatic carbocycles. The van der Waals surface area contributed by atoms with E-state index in [1.165, 1.54) is 0 Å². The van der Waals surface area contributed by atoms with Crippen LogP contribution in [0, 0.1) is 0 Å². The van der Waals surface area contributed by atoms with E-state index in [1.54, 1.807) is 12.1 Å². The van der Waals surface area contributed by atoms with Crippen LogP contribution in [0.15, 0.2) is 78.9 Å². The minimum Gasteiger partial charge on any atom is -0.489 e. The van der Waals surface area contributed by atoms with Crippen LogP contribution in [0.2, 0.25) is 0 Å². The maximum atomic E-state index is 12.2. The van der Waals surface area contributed by atoms with Crippen molar-refractivity contribution in [2.45, 2.75) is 12.8 Å². The number of fused-ring (bicyclic) bond motifs is 1. The predicted octanol–water partition coefficient (Wildman–Crippen LogP) is 4.09. The molecule has 4 nitrogen and oxygen atoms in total. The number of para-hydroxylation sites is 1. The Morgan fingerprint density at radius 2 is 1.60 bits per heavy atom. The van der Waals surface area contributed by atoms with Crippen LogP contribution < -0.4 is 14.8 Å². The normalized spacial score (nSPS) is 15.7. The van der Waals surface area contributed by atoms with Gasteiger partial charge in [-0.2, -0.15) is 0 Å². The molecular formula is C21H17NO3. The number of rotatable bonds is 4. The van der Waals surface area contributed by atoms with E-state index in [0.717, 1.165) is 16.9 Å². The van der Waals surface area contributed by atoms with E-state index in [9.17, 15) is 4.79 Å². The van der Waals surface area contributed by atoms with Crippen molar-refractivity contribution in [3.63, 3.8) is 0 Å². The van der Waals surface area contributed by atoms with Crippen LogP contribution in [0.25, 0.3) is 0 Å². The summed E-state index contributed by atoms with van der Waals surface area (Å²) in [4.78, 5) is 12.2. The van der Waals surface area contributed by atoms with Gasteiger partial charge in [0.2, 0.25) is 0 Å². The van der Waals surface area contributed by atoms with Gasteiger partial charge in [0.1, 0.15) is 18.1 Å². The molecule has 0 spiro atoms. The lowest BCUT2D eigenvalue weighted by molar-refractivity contribution is 0.0756. The van der Waals surface area contributed by atoms with Crippen molar-refractivity contribution in [1.82, 2.24) is 5.32 Å². The molecule has 3 aromatic rings. The molecule has 1 heterocycles. The second-order valence-electron chi connectivity index (χ2n) is 5.81. The molecule has 4 heteroatoms. The van der Waals surface area contributed by atoms with Crippen molar-refractivity contribution in [3.8, 4) is 11.5 Å². The second kappa shape index (κ2) is 6.69. The van der Waals surface area contributed by atoms with Gasteiger partial charge in [0, 0.05) is 5.56 Å². The standard InChI is InChI=1S/C21H17NO3/c23-20-18-8-4-5-9-19(18)25-21(22-20)16-10-12-17(13-11-16)24-14-15-6-2-1-3-7-15/h1-13,21H,14H2,(H,22,23)/t21-/m1/s1. The molecule has 124 valence electrons. The van der Waals surface area contributed by atoms with Crippen LogP contribution in [0.5, 0.6) is 11.5 Å². The lowest BCUT2D eigenvalue weighted by Crippen LogP contribution is -2.36. The van der Waals surface area contributed by atoms with Crippen molar-refractivity contribution in [2.75, 3.05) is 0 Å². The first-order chi connectivity index (χ1) is 12.3. The van der Waals surface area contributed by atoms with Crippen molar-refractivity contribution in [2.24, 2.45) is 0 Å². The maximum Gasteiger partial charge on any atom is 0.258 e. The summed E-state index contributed by atoms with van der Waals surface area (Å²) < 4.78 is 11.7. The van der Waals surface area contributed by atoms with Crippen LogP contribution in [0.3, 0.4) is 0 Å². The molecule has 0 fully saturated rings. The summed E-state index contributed by atoms with van der Waals surface area (Å²) in [7, 11) is 0. The molecular weight excluding hydrogens is 314 g/mol. The molecule has 0 aromatic heterocycles. The Bertz CT molecular complexity index is 875. The first-order valence-corrected chi connectivity index (χ1v) is 8.13. The van der Waals surface area contributed by atoms with Gasteiger partial charge in [-0.05, 0) is 42.0 Å². The van der Waals surface area contributed by atoms with Gasteiger partial charge in [0.25, 0.3) is 5.91 Å². The number of benzene rings is 3. The maximum absolute atomic E-state index is 12.2. The highest BCUT2D eigenvalue weighted by Crippen LogP contribution is 2.29. The lowest BCUT2D eigenvalue weighted by atomic mass is 10.1. The number of amides is 1. The van der Waals surface area contributed by atoms with Crippen LogP contribution in [-0.2, 0) is 6.61 Å². The largest absolute Gasteiger partial charge is 0.489 e. The van der Waals surface area contributed by atoms with E-state index >= 15 is 0 Å². The Labute approximate surface area is 146 Å². The lowest BCUT2D eigenvalue weighted by Gasteiger charge is -2.27. The third kappa shape index (κ3) is 3.33. The number of carbonyl (C=O) groups is 1. The first kappa shape index (κ1) is 15.3. The number of hydrogen-bond acceptors (Lipinski definition) is 3. The van der Waals surface area contributed by atoms with E-state index in [0.29, 0.717) is 17.9 Å². The van der Waals surface area contributed by atoms with E-state index in [-0.39, 0.29) is 5.91 Å². The quantitative estimate of drug-likeness (QED) is 0.783. The zero-order chi connectivity index (χ0) is 17.1. The summed E-state index contributed by atoms with van der Waals surface area (Å²) in [5.74, 6) is 1.24. The Kier molecular flexibility index (Phi) is 4.09. The molecule has 1 aliphatic rings. The summed E-state index contributed by atoms with van der Waals surface area (Å²) >= 11 is 0. The molecule has 3 aromatic carbocycles. The zero-order valence-electron chi connectivity index (χ0n) is 13.5. The van der Waals surface area contributed by atoms with Gasteiger partial charge in [0.05, 0.1) is 5.56 Å². The first-order valence-electron chi connectivity index (χ1n) is 8.13. The Balaban J connectivity index is 1.45. The predicted molar refractivity (Wildman–Crippen MR) is 94.5 cm³/mol. The summed E-state index contributed by atoms with van der Waals surface area (Å²) in [5.41, 5.74) is 2.54. The zero-order valence-corrected chi connectivity index (χ0v) is 13.5. The third-order valence-electron chi connectivity index (χ3n) is 4.07. The van der Waals surface area contributed by atoms with E-state index in [1.807, 2.05) is 66.7 Å². The van der Waals surface area contributed by atoms with Gasteiger partial charge in [-0.3, -0.25) is 4.79 Å². The highest BCUT2D eigenvalue weighted by molar-refractivity contribution is 5.97. The number of hydrogen-bond donors (Lipinski definition) is 1. The summed E-state index contributed by atoms with van der Waals surface area (Å²) in [6.07, 6.45) is -0.495. The van der Waals surface area contributed by atoms with Crippen molar-refractivity contribution < 1.29 is 14.3 Å². The van der Waals surface area contributed by atoms with E-state index in [2.05, 4.69) is 5.32 Å². The number of nitrogens with one attached hydrogen (secondary N) is 1. The molecule has 0 radical (unpaired) electrons. The fraction of sp³-hybridized carbons (Fsp3) is 0.0952. The monoisotopic (exact) mass is 331 g/mol. The molecule has 1 atom stereocenters. The Morgan fingerprint density at radius 1 is 0.880 bits per heavy atom. The van der Waals surface area contributed by atoms with Gasteiger partial charge in [0.15, 0.2) is 6.23 Å². The van der Waals surface area contributed by atoms with Crippen LogP contribution in [-0.4, -0.2) is 5.91 Å². The molecule has 1 aliphatic heterocycles. The molecule has 0 bridgehead atoms. The molecule has 0 saturated heterocycles. The number of carbonyl (C=O) groups excluding carboxylic acids is 1. The van der Waals surface area contributed by atoms with Gasteiger partial charge in [-0.25, -0.2) is 0 Å². The average Bonchev–Trinajstić information content (AvgIpc) is 2.68. The molecule has 0 unspecified atom stereocenters. The molecule has 0 saturated carbocycles. The van der Waals surface area contributed by atoms with E-state index in [4.69, 9.17) is 9.47 Å². The van der Waals surface area contributed by atoms with E-state index < -0.39 is 6.23 Å². The topological polar surface area (TPSA) is 47.6 Å². The average molecular weight is 331 g/mol. The molecule has 4 rings (SSSR count). The summed E-state index contributed by atoms with van der Waals surface area (Å²) in [6.45, 7) is 0.518. The van der Waals surface area contributed by atoms with Gasteiger partial charge < -0.3 is 14.8 Å².